The van der Waals surface area contributed by atoms with Crippen molar-refractivity contribution in [1.29, 1.82) is 0 Å². The maximum Gasteiger partial charge on any atom is 0.133 e. The third kappa shape index (κ3) is 2.02. The first-order valence-corrected chi connectivity index (χ1v) is 5.99. The summed E-state index contributed by atoms with van der Waals surface area (Å²) in [6, 6.07) is 0. The van der Waals surface area contributed by atoms with Gasteiger partial charge in [-0.2, -0.15) is 0 Å². The van der Waals surface area contributed by atoms with Gasteiger partial charge in [0.25, 0.3) is 0 Å². The minimum atomic E-state index is 0.368. The summed E-state index contributed by atoms with van der Waals surface area (Å²) in [6.45, 7) is 10.9. The predicted octanol–water partition coefficient (Wildman–Crippen LogP) is 3.53. The van der Waals surface area contributed by atoms with Gasteiger partial charge in [-0.25, -0.2) is 0 Å². The highest BCUT2D eigenvalue weighted by atomic mass is 16.1. The first kappa shape index (κ1) is 11.7. The molecule has 4 unspecified atom stereocenters. The fraction of sp³-hybridized carbons (Fsp3) is 0.923. The van der Waals surface area contributed by atoms with Gasteiger partial charge in [-0.3, -0.25) is 4.79 Å². The second-order valence-corrected chi connectivity index (χ2v) is 5.29. The molecule has 0 amide bonds. The molecule has 0 heterocycles. The lowest BCUT2D eigenvalue weighted by Crippen LogP contribution is -2.44. The Kier molecular flexibility index (Phi) is 3.74. The molecule has 0 aliphatic heterocycles. The average molecular weight is 196 g/mol. The number of ketones is 1. The molecule has 0 aromatic carbocycles. The highest BCUT2D eigenvalue weighted by molar-refractivity contribution is 5.79. The van der Waals surface area contributed by atoms with E-state index in [1.165, 1.54) is 6.42 Å². The van der Waals surface area contributed by atoms with Crippen LogP contribution in [0.1, 0.15) is 47.5 Å². The molecule has 0 saturated heterocycles. The molecule has 1 aliphatic carbocycles. The van der Waals surface area contributed by atoms with E-state index >= 15 is 0 Å². The highest BCUT2D eigenvalue weighted by Gasteiger charge is 2.44. The van der Waals surface area contributed by atoms with Crippen molar-refractivity contribution >= 4 is 5.78 Å². The van der Waals surface area contributed by atoms with Gasteiger partial charge in [-0.1, -0.05) is 34.1 Å². The Labute approximate surface area is 88.3 Å². The number of carbonyl (C=O) groups excluding carboxylic acids is 1. The zero-order valence-corrected chi connectivity index (χ0v) is 10.2. The van der Waals surface area contributed by atoms with Crippen molar-refractivity contribution in [3.8, 4) is 0 Å². The van der Waals surface area contributed by atoms with Crippen LogP contribution in [0.25, 0.3) is 0 Å². The zero-order valence-electron chi connectivity index (χ0n) is 10.2. The Hall–Kier alpha value is -0.330. The van der Waals surface area contributed by atoms with Crippen molar-refractivity contribution in [3.05, 3.63) is 0 Å². The summed E-state index contributed by atoms with van der Waals surface area (Å²) in [7, 11) is 0. The fourth-order valence-electron chi connectivity index (χ4n) is 3.19. The van der Waals surface area contributed by atoms with E-state index in [1.54, 1.807) is 6.92 Å². The van der Waals surface area contributed by atoms with E-state index in [9.17, 15) is 4.79 Å². The molecule has 0 aromatic rings. The minimum Gasteiger partial charge on any atom is -0.300 e. The second-order valence-electron chi connectivity index (χ2n) is 5.29. The summed E-state index contributed by atoms with van der Waals surface area (Å²) in [4.78, 5) is 11.3. The lowest BCUT2D eigenvalue weighted by Gasteiger charge is -2.47. The zero-order chi connectivity index (χ0) is 10.9. The van der Waals surface area contributed by atoms with Gasteiger partial charge >= 0.3 is 0 Å². The Morgan fingerprint density at radius 3 is 2.29 bits per heavy atom. The number of rotatable bonds is 4. The molecule has 1 heteroatoms. The second kappa shape index (κ2) is 4.46. The maximum absolute atomic E-state index is 11.3. The van der Waals surface area contributed by atoms with Crippen LogP contribution in [0.15, 0.2) is 0 Å². The van der Waals surface area contributed by atoms with Crippen LogP contribution in [0.5, 0.6) is 0 Å². The Balaban J connectivity index is 2.54. The third-order valence-electron chi connectivity index (χ3n) is 4.24. The van der Waals surface area contributed by atoms with Crippen LogP contribution in [0.3, 0.4) is 0 Å². The molecule has 1 fully saturated rings. The molecule has 0 spiro atoms. The van der Waals surface area contributed by atoms with Gasteiger partial charge in [-0.05, 0) is 37.0 Å². The SMILES string of the molecule is CCC(C(C)C)C1CC(C(C)=O)C1C. The summed E-state index contributed by atoms with van der Waals surface area (Å²) in [5.74, 6) is 3.77. The van der Waals surface area contributed by atoms with Gasteiger partial charge in [0, 0.05) is 5.92 Å². The van der Waals surface area contributed by atoms with E-state index in [4.69, 9.17) is 0 Å². The Morgan fingerprint density at radius 2 is 2.00 bits per heavy atom. The number of carbonyl (C=O) groups is 1. The normalized spacial score (nSPS) is 34.0. The molecule has 0 radical (unpaired) electrons. The lowest BCUT2D eigenvalue weighted by atomic mass is 9.57. The van der Waals surface area contributed by atoms with Crippen LogP contribution in [0.4, 0.5) is 0 Å². The molecule has 1 nitrogen and oxygen atoms in total. The molecule has 4 atom stereocenters. The summed E-state index contributed by atoms with van der Waals surface area (Å²) < 4.78 is 0. The van der Waals surface area contributed by atoms with E-state index in [-0.39, 0.29) is 0 Å². The Morgan fingerprint density at radius 1 is 1.43 bits per heavy atom. The molecule has 14 heavy (non-hydrogen) atoms. The van der Waals surface area contributed by atoms with Crippen molar-refractivity contribution in [2.75, 3.05) is 0 Å². The molecular weight excluding hydrogens is 172 g/mol. The largest absolute Gasteiger partial charge is 0.300 e. The lowest BCUT2D eigenvalue weighted by molar-refractivity contribution is -0.130. The smallest absolute Gasteiger partial charge is 0.133 e. The van der Waals surface area contributed by atoms with Gasteiger partial charge in [-0.15, -0.1) is 0 Å². The number of hydrogen-bond acceptors (Lipinski definition) is 1. The van der Waals surface area contributed by atoms with Crippen molar-refractivity contribution in [2.45, 2.75) is 47.5 Å². The van der Waals surface area contributed by atoms with Crippen LogP contribution in [-0.2, 0) is 4.79 Å². The predicted molar refractivity (Wildman–Crippen MR) is 60.1 cm³/mol. The van der Waals surface area contributed by atoms with Crippen molar-refractivity contribution in [2.24, 2.45) is 29.6 Å². The van der Waals surface area contributed by atoms with E-state index in [2.05, 4.69) is 27.7 Å². The number of Topliss-reactive ketones (excluding diaryl/α,β-unsaturated/α-hetero) is 1. The highest BCUT2D eigenvalue weighted by Crippen LogP contribution is 2.47. The Bertz CT molecular complexity index is 207. The summed E-state index contributed by atoms with van der Waals surface area (Å²) in [5.41, 5.74) is 0. The molecule has 0 bridgehead atoms. The summed E-state index contributed by atoms with van der Waals surface area (Å²) in [5, 5.41) is 0. The van der Waals surface area contributed by atoms with Gasteiger partial charge < -0.3 is 0 Å². The standard InChI is InChI=1S/C13H24O/c1-6-11(8(2)3)13-7-12(9(13)4)10(5)14/h8-9,11-13H,6-7H2,1-5H3. The van der Waals surface area contributed by atoms with Crippen LogP contribution in [-0.4, -0.2) is 5.78 Å². The monoisotopic (exact) mass is 196 g/mol. The minimum absolute atomic E-state index is 0.368. The van der Waals surface area contributed by atoms with Crippen molar-refractivity contribution in [3.63, 3.8) is 0 Å². The molecule has 1 saturated carbocycles. The topological polar surface area (TPSA) is 17.1 Å². The van der Waals surface area contributed by atoms with E-state index in [0.717, 1.165) is 24.2 Å². The average Bonchev–Trinajstić information content (AvgIpc) is 2.09. The molecule has 0 aromatic heterocycles. The molecular formula is C13H24O. The van der Waals surface area contributed by atoms with E-state index in [0.29, 0.717) is 17.6 Å². The van der Waals surface area contributed by atoms with Gasteiger partial charge in [0.15, 0.2) is 0 Å². The third-order valence-corrected chi connectivity index (χ3v) is 4.24. The maximum atomic E-state index is 11.3. The summed E-state index contributed by atoms with van der Waals surface area (Å²) >= 11 is 0. The first-order chi connectivity index (χ1) is 6.49. The first-order valence-electron chi connectivity index (χ1n) is 5.99. The van der Waals surface area contributed by atoms with Gasteiger partial charge in [0.1, 0.15) is 5.78 Å². The van der Waals surface area contributed by atoms with E-state index in [1.807, 2.05) is 0 Å². The summed E-state index contributed by atoms with van der Waals surface area (Å²) in [6.07, 6.45) is 2.41. The quantitative estimate of drug-likeness (QED) is 0.672. The fourth-order valence-corrected chi connectivity index (χ4v) is 3.19. The molecule has 82 valence electrons. The van der Waals surface area contributed by atoms with Crippen LogP contribution < -0.4 is 0 Å². The van der Waals surface area contributed by atoms with Crippen molar-refractivity contribution < 1.29 is 4.79 Å². The molecule has 1 aliphatic rings. The molecule has 0 N–H and O–H groups in total. The number of hydrogen-bond donors (Lipinski definition) is 0. The van der Waals surface area contributed by atoms with Crippen molar-refractivity contribution in [1.82, 2.24) is 0 Å². The van der Waals surface area contributed by atoms with Crippen LogP contribution in [0.2, 0.25) is 0 Å². The van der Waals surface area contributed by atoms with Crippen LogP contribution >= 0.6 is 0 Å². The van der Waals surface area contributed by atoms with Crippen LogP contribution in [0, 0.1) is 29.6 Å². The molecule has 1 rings (SSSR count). The van der Waals surface area contributed by atoms with Gasteiger partial charge in [0.2, 0.25) is 0 Å². The van der Waals surface area contributed by atoms with E-state index < -0.39 is 0 Å². The van der Waals surface area contributed by atoms with Gasteiger partial charge in [0.05, 0.1) is 0 Å².